The molecule has 0 radical (unpaired) electrons. The van der Waals surface area contributed by atoms with Gasteiger partial charge in [-0.25, -0.2) is 4.52 Å². The van der Waals surface area contributed by atoms with Crippen molar-refractivity contribution >= 4 is 16.5 Å². The van der Waals surface area contributed by atoms with Crippen LogP contribution in [-0.2, 0) is 0 Å². The molecule has 0 saturated carbocycles. The fraction of sp³-hybridized carbons (Fsp3) is 0.0625. The van der Waals surface area contributed by atoms with Crippen molar-refractivity contribution in [2.24, 2.45) is 0 Å². The zero-order chi connectivity index (χ0) is 13.5. The summed E-state index contributed by atoms with van der Waals surface area (Å²) in [4.78, 5) is 0. The van der Waals surface area contributed by atoms with E-state index in [4.69, 9.17) is 4.42 Å². The van der Waals surface area contributed by atoms with Crippen LogP contribution in [0.5, 0.6) is 0 Å². The van der Waals surface area contributed by atoms with Gasteiger partial charge in [-0.2, -0.15) is 5.10 Å². The molecule has 0 aliphatic carbocycles. The van der Waals surface area contributed by atoms with E-state index >= 15 is 0 Å². The zero-order valence-electron chi connectivity index (χ0n) is 10.6. The Bertz CT molecular complexity index is 858. The first kappa shape index (κ1) is 11.3. The van der Waals surface area contributed by atoms with E-state index in [1.807, 2.05) is 54.7 Å². The first-order valence-corrected chi connectivity index (χ1v) is 6.42. The molecule has 3 aromatic heterocycles. The zero-order valence-corrected chi connectivity index (χ0v) is 10.6. The van der Waals surface area contributed by atoms with Gasteiger partial charge in [0.2, 0.25) is 0 Å². The summed E-state index contributed by atoms with van der Waals surface area (Å²) in [6.45, 7) is 0. The van der Waals surface area contributed by atoms with Crippen molar-refractivity contribution in [3.05, 3.63) is 72.2 Å². The highest BCUT2D eigenvalue weighted by Gasteiger charge is 2.19. The fourth-order valence-electron chi connectivity index (χ4n) is 2.46. The van der Waals surface area contributed by atoms with E-state index in [0.29, 0.717) is 5.76 Å². The van der Waals surface area contributed by atoms with Gasteiger partial charge in [-0.15, -0.1) is 0 Å². The molecule has 4 aromatic rings. The predicted molar refractivity (Wildman–Crippen MR) is 75.5 cm³/mol. The minimum absolute atomic E-state index is 0.532. The van der Waals surface area contributed by atoms with Crippen LogP contribution in [-0.4, -0.2) is 14.7 Å². The quantitative estimate of drug-likeness (QED) is 0.605. The molecule has 3 heterocycles. The number of pyridine rings is 1. The lowest BCUT2D eigenvalue weighted by atomic mass is 10.1. The summed E-state index contributed by atoms with van der Waals surface area (Å²) in [6, 6.07) is 15.3. The maximum Gasteiger partial charge on any atom is 0.140 e. The van der Waals surface area contributed by atoms with E-state index in [1.54, 1.807) is 10.7 Å². The van der Waals surface area contributed by atoms with Gasteiger partial charge in [0.05, 0.1) is 11.7 Å². The number of para-hydroxylation sites is 1. The maximum atomic E-state index is 10.5. The molecule has 0 saturated heterocycles. The third-order valence-corrected chi connectivity index (χ3v) is 3.46. The Morgan fingerprint density at radius 2 is 1.95 bits per heavy atom. The lowest BCUT2D eigenvalue weighted by Crippen LogP contribution is -1.97. The molecule has 0 amide bonds. The fourth-order valence-corrected chi connectivity index (χ4v) is 2.46. The van der Waals surface area contributed by atoms with Crippen LogP contribution in [0.15, 0.2) is 65.3 Å². The molecule has 0 aliphatic heterocycles. The van der Waals surface area contributed by atoms with Crippen LogP contribution in [0.25, 0.3) is 16.5 Å². The second kappa shape index (κ2) is 4.21. The molecule has 98 valence electrons. The maximum absolute atomic E-state index is 10.5. The van der Waals surface area contributed by atoms with Gasteiger partial charge in [0.15, 0.2) is 0 Å². The Balaban J connectivity index is 1.85. The molecule has 1 atom stereocenters. The topological polar surface area (TPSA) is 50.7 Å². The average molecular weight is 264 g/mol. The predicted octanol–water partition coefficient (Wildman–Crippen LogP) is 3.16. The molecule has 4 nitrogen and oxygen atoms in total. The molecule has 0 fully saturated rings. The number of benzene rings is 1. The summed E-state index contributed by atoms with van der Waals surface area (Å²) in [5.74, 6) is 0.532. The molecule has 1 N–H and O–H groups in total. The molecule has 20 heavy (non-hydrogen) atoms. The number of aliphatic hydroxyl groups excluding tert-OH is 1. The minimum Gasteiger partial charge on any atom is -0.458 e. The molecular formula is C16H12N2O2. The summed E-state index contributed by atoms with van der Waals surface area (Å²) in [5.41, 5.74) is 2.39. The number of hydrogen-bond donors (Lipinski definition) is 1. The smallest absolute Gasteiger partial charge is 0.140 e. The number of rotatable bonds is 2. The molecule has 0 spiro atoms. The Hall–Kier alpha value is -2.59. The first-order valence-electron chi connectivity index (χ1n) is 6.42. The summed E-state index contributed by atoms with van der Waals surface area (Å²) in [6.07, 6.45) is 2.71. The van der Waals surface area contributed by atoms with Gasteiger partial charge in [-0.3, -0.25) is 0 Å². The van der Waals surface area contributed by atoms with Crippen molar-refractivity contribution in [1.82, 2.24) is 9.61 Å². The van der Waals surface area contributed by atoms with Gasteiger partial charge >= 0.3 is 0 Å². The Kier molecular flexibility index (Phi) is 2.37. The van der Waals surface area contributed by atoms with Crippen LogP contribution in [0.2, 0.25) is 0 Å². The molecule has 4 rings (SSSR count). The molecular weight excluding hydrogens is 252 g/mol. The van der Waals surface area contributed by atoms with Crippen LogP contribution in [0.4, 0.5) is 0 Å². The highest BCUT2D eigenvalue weighted by Crippen LogP contribution is 2.30. The number of aromatic nitrogens is 2. The highest BCUT2D eigenvalue weighted by atomic mass is 16.4. The van der Waals surface area contributed by atoms with Gasteiger partial charge in [0.25, 0.3) is 0 Å². The van der Waals surface area contributed by atoms with Gasteiger partial charge in [0.1, 0.15) is 17.4 Å². The molecule has 0 aliphatic rings. The van der Waals surface area contributed by atoms with Crippen molar-refractivity contribution < 1.29 is 9.52 Å². The Morgan fingerprint density at radius 1 is 1.10 bits per heavy atom. The van der Waals surface area contributed by atoms with Crippen molar-refractivity contribution in [2.45, 2.75) is 6.10 Å². The molecule has 1 aromatic carbocycles. The third kappa shape index (κ3) is 1.62. The van der Waals surface area contributed by atoms with Crippen LogP contribution in [0.3, 0.4) is 0 Å². The van der Waals surface area contributed by atoms with Crippen molar-refractivity contribution in [3.63, 3.8) is 0 Å². The normalized spacial score (nSPS) is 13.1. The summed E-state index contributed by atoms with van der Waals surface area (Å²) in [7, 11) is 0. The second-order valence-corrected chi connectivity index (χ2v) is 4.72. The number of aliphatic hydroxyl groups is 1. The van der Waals surface area contributed by atoms with E-state index in [9.17, 15) is 5.11 Å². The van der Waals surface area contributed by atoms with Crippen LogP contribution in [0, 0.1) is 0 Å². The summed E-state index contributed by atoms with van der Waals surface area (Å²) < 4.78 is 7.45. The van der Waals surface area contributed by atoms with Crippen molar-refractivity contribution in [3.8, 4) is 0 Å². The van der Waals surface area contributed by atoms with Crippen molar-refractivity contribution in [2.75, 3.05) is 0 Å². The Morgan fingerprint density at radius 3 is 2.85 bits per heavy atom. The summed E-state index contributed by atoms with van der Waals surface area (Å²) >= 11 is 0. The second-order valence-electron chi connectivity index (χ2n) is 4.72. The van der Waals surface area contributed by atoms with Gasteiger partial charge in [-0.1, -0.05) is 24.3 Å². The number of nitrogens with zero attached hydrogens (tertiary/aromatic N) is 2. The highest BCUT2D eigenvalue weighted by molar-refractivity contribution is 5.78. The van der Waals surface area contributed by atoms with E-state index < -0.39 is 6.10 Å². The van der Waals surface area contributed by atoms with E-state index in [-0.39, 0.29) is 0 Å². The lowest BCUT2D eigenvalue weighted by molar-refractivity contribution is 0.193. The van der Waals surface area contributed by atoms with Crippen molar-refractivity contribution in [1.29, 1.82) is 0 Å². The monoisotopic (exact) mass is 264 g/mol. The molecule has 1 unspecified atom stereocenters. The average Bonchev–Trinajstić information content (AvgIpc) is 3.10. The minimum atomic E-state index is -0.817. The van der Waals surface area contributed by atoms with Crippen LogP contribution >= 0.6 is 0 Å². The largest absolute Gasteiger partial charge is 0.458 e. The molecule has 0 bridgehead atoms. The number of fused-ring (bicyclic) bond motifs is 2. The third-order valence-electron chi connectivity index (χ3n) is 3.46. The van der Waals surface area contributed by atoms with Gasteiger partial charge in [-0.05, 0) is 24.3 Å². The van der Waals surface area contributed by atoms with Crippen LogP contribution in [0.1, 0.15) is 17.4 Å². The Labute approximate surface area is 114 Å². The van der Waals surface area contributed by atoms with Gasteiger partial charge in [0, 0.05) is 17.1 Å². The van der Waals surface area contributed by atoms with E-state index in [0.717, 1.165) is 22.0 Å². The van der Waals surface area contributed by atoms with Gasteiger partial charge < -0.3 is 9.52 Å². The SMILES string of the molecule is OC(c1cc2ccccc2o1)c1cnn2ccccc12. The van der Waals surface area contributed by atoms with E-state index in [2.05, 4.69) is 5.10 Å². The van der Waals surface area contributed by atoms with E-state index in [1.165, 1.54) is 0 Å². The molecule has 4 heteroatoms. The lowest BCUT2D eigenvalue weighted by Gasteiger charge is -2.05. The number of hydrogen-bond acceptors (Lipinski definition) is 3. The first-order chi connectivity index (χ1) is 9.83. The van der Waals surface area contributed by atoms with Crippen LogP contribution < -0.4 is 0 Å². The standard InChI is InChI=1S/C16H12N2O2/c19-16(12-10-17-18-8-4-3-6-13(12)18)15-9-11-5-1-2-7-14(11)20-15/h1-10,16,19H. The number of furan rings is 1. The summed E-state index contributed by atoms with van der Waals surface area (Å²) in [5, 5.41) is 15.8.